The fourth-order valence-corrected chi connectivity index (χ4v) is 1.01. The van der Waals surface area contributed by atoms with Crippen LogP contribution < -0.4 is 0 Å². The Morgan fingerprint density at radius 3 is 2.67 bits per heavy atom. The Bertz CT molecular complexity index is 102. The summed E-state index contributed by atoms with van der Waals surface area (Å²) in [6, 6.07) is 0. The van der Waals surface area contributed by atoms with E-state index in [9.17, 15) is 0 Å². The second-order valence-electron chi connectivity index (χ2n) is 2.73. The molecular formula is C10H19ClO. The molecule has 0 heterocycles. The smallest absolute Gasteiger partial charge is 0.0500 e. The summed E-state index contributed by atoms with van der Waals surface area (Å²) >= 11 is 5.46. The fourth-order valence-electron chi connectivity index (χ4n) is 0.888. The fraction of sp³-hybridized carbons (Fsp3) is 0.800. The highest BCUT2D eigenvalue weighted by Crippen LogP contribution is 1.95. The van der Waals surface area contributed by atoms with Crippen molar-refractivity contribution in [3.05, 3.63) is 12.2 Å². The van der Waals surface area contributed by atoms with E-state index in [0.29, 0.717) is 5.88 Å². The molecule has 0 rings (SSSR count). The van der Waals surface area contributed by atoms with Gasteiger partial charge in [-0.05, 0) is 12.8 Å². The summed E-state index contributed by atoms with van der Waals surface area (Å²) in [6.07, 6.45) is 8.73. The lowest BCUT2D eigenvalue weighted by Crippen LogP contribution is -1.95. The monoisotopic (exact) mass is 190 g/mol. The number of ether oxygens (including phenoxy) is 1. The first kappa shape index (κ1) is 12.0. The SMILES string of the molecule is CCCCCOCC/C=C/CCl. The van der Waals surface area contributed by atoms with Gasteiger partial charge in [0.15, 0.2) is 0 Å². The molecular weight excluding hydrogens is 172 g/mol. The van der Waals surface area contributed by atoms with Gasteiger partial charge in [0.1, 0.15) is 0 Å². The average Bonchev–Trinajstić information content (AvgIpc) is 2.10. The van der Waals surface area contributed by atoms with Gasteiger partial charge < -0.3 is 4.74 Å². The third-order valence-corrected chi connectivity index (χ3v) is 1.76. The van der Waals surface area contributed by atoms with Crippen LogP contribution in [0.1, 0.15) is 32.6 Å². The molecule has 0 aliphatic rings. The first-order valence-electron chi connectivity index (χ1n) is 4.70. The summed E-state index contributed by atoms with van der Waals surface area (Å²) < 4.78 is 5.39. The molecule has 72 valence electrons. The minimum Gasteiger partial charge on any atom is -0.381 e. The molecule has 12 heavy (non-hydrogen) atoms. The highest BCUT2D eigenvalue weighted by Gasteiger charge is 1.86. The van der Waals surface area contributed by atoms with Crippen LogP contribution in [0.25, 0.3) is 0 Å². The van der Waals surface area contributed by atoms with Crippen LogP contribution in [0, 0.1) is 0 Å². The molecule has 0 aliphatic heterocycles. The van der Waals surface area contributed by atoms with Crippen molar-refractivity contribution in [3.8, 4) is 0 Å². The minimum absolute atomic E-state index is 0.607. The molecule has 1 nitrogen and oxygen atoms in total. The van der Waals surface area contributed by atoms with Crippen molar-refractivity contribution in [3.63, 3.8) is 0 Å². The lowest BCUT2D eigenvalue weighted by atomic mass is 10.3. The van der Waals surface area contributed by atoms with E-state index in [4.69, 9.17) is 16.3 Å². The third kappa shape index (κ3) is 9.99. The lowest BCUT2D eigenvalue weighted by Gasteiger charge is -2.00. The third-order valence-electron chi connectivity index (χ3n) is 1.58. The first-order valence-corrected chi connectivity index (χ1v) is 5.24. The van der Waals surface area contributed by atoms with Crippen LogP contribution in [0.3, 0.4) is 0 Å². The predicted molar refractivity (Wildman–Crippen MR) is 54.8 cm³/mol. The van der Waals surface area contributed by atoms with Crippen molar-refractivity contribution in [2.24, 2.45) is 0 Å². The van der Waals surface area contributed by atoms with E-state index >= 15 is 0 Å². The van der Waals surface area contributed by atoms with Crippen LogP contribution in [0.5, 0.6) is 0 Å². The van der Waals surface area contributed by atoms with E-state index in [-0.39, 0.29) is 0 Å². The normalized spacial score (nSPS) is 11.2. The standard InChI is InChI=1S/C10H19ClO/c1-2-3-6-9-12-10-7-4-5-8-11/h4-5H,2-3,6-10H2,1H3/b5-4+. The van der Waals surface area contributed by atoms with Gasteiger partial charge in [0.05, 0.1) is 6.61 Å². The molecule has 0 saturated heterocycles. The maximum atomic E-state index is 5.46. The van der Waals surface area contributed by atoms with Crippen LogP contribution in [0.4, 0.5) is 0 Å². The molecule has 2 heteroatoms. The van der Waals surface area contributed by atoms with Crippen LogP contribution in [-0.4, -0.2) is 19.1 Å². The highest BCUT2D eigenvalue weighted by atomic mass is 35.5. The maximum absolute atomic E-state index is 5.46. The topological polar surface area (TPSA) is 9.23 Å². The second kappa shape index (κ2) is 11.0. The van der Waals surface area contributed by atoms with Crippen molar-refractivity contribution in [2.75, 3.05) is 19.1 Å². The van der Waals surface area contributed by atoms with Crippen molar-refractivity contribution >= 4 is 11.6 Å². The van der Waals surface area contributed by atoms with Gasteiger partial charge in [0.25, 0.3) is 0 Å². The van der Waals surface area contributed by atoms with E-state index in [1.807, 2.05) is 6.08 Å². The molecule has 0 saturated carbocycles. The zero-order valence-electron chi connectivity index (χ0n) is 7.89. The lowest BCUT2D eigenvalue weighted by molar-refractivity contribution is 0.134. The second-order valence-corrected chi connectivity index (χ2v) is 3.04. The first-order chi connectivity index (χ1) is 5.91. The van der Waals surface area contributed by atoms with Crippen molar-refractivity contribution in [1.29, 1.82) is 0 Å². The van der Waals surface area contributed by atoms with Gasteiger partial charge in [0.2, 0.25) is 0 Å². The summed E-state index contributed by atoms with van der Waals surface area (Å²) in [5.41, 5.74) is 0. The van der Waals surface area contributed by atoms with Gasteiger partial charge in [-0.25, -0.2) is 0 Å². The van der Waals surface area contributed by atoms with Crippen LogP contribution in [-0.2, 0) is 4.74 Å². The summed E-state index contributed by atoms with van der Waals surface area (Å²) in [5, 5.41) is 0. The Balaban J connectivity index is 2.86. The van der Waals surface area contributed by atoms with Crippen LogP contribution in [0.15, 0.2) is 12.2 Å². The van der Waals surface area contributed by atoms with Crippen molar-refractivity contribution in [1.82, 2.24) is 0 Å². The van der Waals surface area contributed by atoms with Crippen molar-refractivity contribution in [2.45, 2.75) is 32.6 Å². The molecule has 0 aromatic rings. The molecule has 0 bridgehead atoms. The molecule has 0 spiro atoms. The summed E-state index contributed by atoms with van der Waals surface area (Å²) in [4.78, 5) is 0. The van der Waals surface area contributed by atoms with E-state index in [2.05, 4.69) is 13.0 Å². The summed E-state index contributed by atoms with van der Waals surface area (Å²) in [6.45, 7) is 3.93. The van der Waals surface area contributed by atoms with Gasteiger partial charge in [0, 0.05) is 12.5 Å². The largest absolute Gasteiger partial charge is 0.381 e. The minimum atomic E-state index is 0.607. The number of allylic oxidation sites excluding steroid dienone is 1. The highest BCUT2D eigenvalue weighted by molar-refractivity contribution is 6.18. The van der Waals surface area contributed by atoms with Crippen LogP contribution >= 0.6 is 11.6 Å². The van der Waals surface area contributed by atoms with Gasteiger partial charge in [-0.15, -0.1) is 11.6 Å². The maximum Gasteiger partial charge on any atom is 0.0500 e. The molecule has 0 unspecified atom stereocenters. The van der Waals surface area contributed by atoms with Gasteiger partial charge >= 0.3 is 0 Å². The number of alkyl halides is 1. The number of unbranched alkanes of at least 4 members (excludes halogenated alkanes) is 2. The number of halogens is 1. The summed E-state index contributed by atoms with van der Waals surface area (Å²) in [7, 11) is 0. The molecule has 0 radical (unpaired) electrons. The van der Waals surface area contributed by atoms with E-state index in [1.54, 1.807) is 0 Å². The zero-order valence-corrected chi connectivity index (χ0v) is 8.65. The Kier molecular flexibility index (Phi) is 11.0. The Hall–Kier alpha value is -0.0100. The van der Waals surface area contributed by atoms with Crippen molar-refractivity contribution < 1.29 is 4.74 Å². The molecule has 0 amide bonds. The average molecular weight is 191 g/mol. The summed E-state index contributed by atoms with van der Waals surface area (Å²) in [5.74, 6) is 0.607. The van der Waals surface area contributed by atoms with E-state index in [1.165, 1.54) is 19.3 Å². The van der Waals surface area contributed by atoms with Crippen LogP contribution in [0.2, 0.25) is 0 Å². The van der Waals surface area contributed by atoms with Gasteiger partial charge in [-0.2, -0.15) is 0 Å². The van der Waals surface area contributed by atoms with Gasteiger partial charge in [-0.3, -0.25) is 0 Å². The predicted octanol–water partition coefficient (Wildman–Crippen LogP) is 3.38. The van der Waals surface area contributed by atoms with E-state index < -0.39 is 0 Å². The quantitative estimate of drug-likeness (QED) is 0.324. The Morgan fingerprint density at radius 2 is 2.00 bits per heavy atom. The Labute approximate surface area is 80.8 Å². The number of rotatable bonds is 8. The molecule has 0 aromatic carbocycles. The number of hydrogen-bond acceptors (Lipinski definition) is 1. The molecule has 0 atom stereocenters. The molecule has 0 N–H and O–H groups in total. The van der Waals surface area contributed by atoms with Gasteiger partial charge in [-0.1, -0.05) is 31.9 Å². The molecule has 0 aliphatic carbocycles. The zero-order chi connectivity index (χ0) is 9.07. The number of hydrogen-bond donors (Lipinski definition) is 0. The molecule has 0 fully saturated rings. The molecule has 0 aromatic heterocycles. The Morgan fingerprint density at radius 1 is 1.17 bits per heavy atom. The van der Waals surface area contributed by atoms with E-state index in [0.717, 1.165) is 19.6 Å².